The summed E-state index contributed by atoms with van der Waals surface area (Å²) in [5.41, 5.74) is 0. The zero-order chi connectivity index (χ0) is 65.8. The molecule has 0 aromatic rings. The van der Waals surface area contributed by atoms with E-state index < -0.39 is 49.5 Å². The Hall–Kier alpha value is -1.86. The van der Waals surface area contributed by atoms with Crippen molar-refractivity contribution in [2.75, 3.05) is 19.8 Å². The number of carbonyl (C=O) groups is 2. The summed E-state index contributed by atoms with van der Waals surface area (Å²) >= 11 is 0. The van der Waals surface area contributed by atoms with E-state index in [1.807, 2.05) is 6.08 Å². The summed E-state index contributed by atoms with van der Waals surface area (Å²) < 4.78 is 16.8. The van der Waals surface area contributed by atoms with Crippen molar-refractivity contribution in [3.63, 3.8) is 0 Å². The first-order valence-electron chi connectivity index (χ1n) is 40.1. The molecule has 1 saturated heterocycles. The Morgan fingerprint density at radius 3 is 1.05 bits per heavy atom. The van der Waals surface area contributed by atoms with Gasteiger partial charge in [0, 0.05) is 12.8 Å². The van der Waals surface area contributed by atoms with Crippen molar-refractivity contribution in [3.8, 4) is 0 Å². The fourth-order valence-corrected chi connectivity index (χ4v) is 13.0. The van der Waals surface area contributed by atoms with Gasteiger partial charge in [-0.25, -0.2) is 0 Å². The van der Waals surface area contributed by atoms with Crippen LogP contribution in [0.3, 0.4) is 0 Å². The van der Waals surface area contributed by atoms with Crippen LogP contribution in [0.2, 0.25) is 0 Å². The number of rotatable bonds is 72. The van der Waals surface area contributed by atoms with Gasteiger partial charge in [-0.15, -0.1) is 0 Å². The molecule has 6 N–H and O–H groups in total. The van der Waals surface area contributed by atoms with Crippen LogP contribution in [0, 0.1) is 0 Å². The van der Waals surface area contributed by atoms with E-state index in [0.717, 1.165) is 57.8 Å². The number of allylic oxidation sites excluding steroid dienone is 3. The van der Waals surface area contributed by atoms with E-state index in [1.165, 1.54) is 327 Å². The third-order valence-electron chi connectivity index (χ3n) is 19.3. The number of amides is 1. The first-order chi connectivity index (χ1) is 44.7. The van der Waals surface area contributed by atoms with Crippen LogP contribution in [0.4, 0.5) is 0 Å². The van der Waals surface area contributed by atoms with Crippen LogP contribution in [-0.4, -0.2) is 100 Å². The average Bonchev–Trinajstić information content (AvgIpc) is 1.18. The van der Waals surface area contributed by atoms with Crippen LogP contribution in [0.1, 0.15) is 412 Å². The van der Waals surface area contributed by atoms with Crippen LogP contribution >= 0.6 is 0 Å². The second-order valence-electron chi connectivity index (χ2n) is 28.1. The van der Waals surface area contributed by atoms with Gasteiger partial charge in [0.1, 0.15) is 24.4 Å². The lowest BCUT2D eigenvalue weighted by molar-refractivity contribution is -0.302. The molecule has 0 radical (unpaired) electrons. The molecule has 0 saturated carbocycles. The maximum Gasteiger partial charge on any atom is 0.305 e. The average molecular weight is 1290 g/mol. The highest BCUT2D eigenvalue weighted by Gasteiger charge is 2.44. The van der Waals surface area contributed by atoms with Crippen LogP contribution in [0.25, 0.3) is 0 Å². The predicted octanol–water partition coefficient (Wildman–Crippen LogP) is 21.5. The van der Waals surface area contributed by atoms with Crippen molar-refractivity contribution >= 4 is 11.9 Å². The number of hydrogen-bond acceptors (Lipinski definition) is 10. The van der Waals surface area contributed by atoms with E-state index in [0.29, 0.717) is 19.4 Å². The molecule has 1 amide bonds. The van der Waals surface area contributed by atoms with Crippen LogP contribution in [-0.2, 0) is 23.8 Å². The molecule has 0 spiro atoms. The van der Waals surface area contributed by atoms with Gasteiger partial charge in [-0.05, 0) is 57.8 Å². The number of hydrogen-bond donors (Lipinski definition) is 6. The lowest BCUT2D eigenvalue weighted by atomic mass is 9.99. The van der Waals surface area contributed by atoms with Gasteiger partial charge < -0.3 is 45.1 Å². The van der Waals surface area contributed by atoms with Crippen molar-refractivity contribution in [1.29, 1.82) is 0 Å². The molecule has 1 aliphatic rings. The maximum absolute atomic E-state index is 13.0. The lowest BCUT2D eigenvalue weighted by Gasteiger charge is -2.40. The second kappa shape index (κ2) is 69.5. The van der Waals surface area contributed by atoms with E-state index >= 15 is 0 Å². The number of aliphatic hydroxyl groups excluding tert-OH is 5. The largest absolute Gasteiger partial charge is 0.466 e. The van der Waals surface area contributed by atoms with E-state index in [4.69, 9.17) is 14.2 Å². The molecule has 11 nitrogen and oxygen atoms in total. The predicted molar refractivity (Wildman–Crippen MR) is 384 cm³/mol. The Balaban J connectivity index is 1.84. The Kier molecular flexibility index (Phi) is 66.6. The van der Waals surface area contributed by atoms with Crippen molar-refractivity contribution in [1.82, 2.24) is 5.32 Å². The van der Waals surface area contributed by atoms with E-state index in [9.17, 15) is 35.1 Å². The molecule has 7 unspecified atom stereocenters. The molecule has 11 heteroatoms. The Labute approximate surface area is 562 Å². The van der Waals surface area contributed by atoms with Crippen molar-refractivity contribution < 1.29 is 49.3 Å². The summed E-state index contributed by atoms with van der Waals surface area (Å²) in [6.45, 7) is 4.37. The number of unbranched alkanes of at least 4 members (excludes halogenated alkanes) is 56. The third kappa shape index (κ3) is 58.1. The molecule has 0 aromatic carbocycles. The maximum atomic E-state index is 13.0. The van der Waals surface area contributed by atoms with Gasteiger partial charge in [-0.1, -0.05) is 366 Å². The molecule has 538 valence electrons. The quantitative estimate of drug-likeness (QED) is 0.0195. The van der Waals surface area contributed by atoms with Gasteiger partial charge in [0.2, 0.25) is 5.91 Å². The number of nitrogens with one attached hydrogen (secondary N) is 1. The normalized spacial score (nSPS) is 17.6. The molecule has 0 aliphatic carbocycles. The molecule has 7 atom stereocenters. The second-order valence-corrected chi connectivity index (χ2v) is 28.1. The van der Waals surface area contributed by atoms with Crippen LogP contribution in [0.15, 0.2) is 24.3 Å². The minimum atomic E-state index is -1.57. The van der Waals surface area contributed by atoms with E-state index in [-0.39, 0.29) is 18.5 Å². The first kappa shape index (κ1) is 87.2. The fraction of sp³-hybridized carbons (Fsp3) is 0.925. The minimum Gasteiger partial charge on any atom is -0.466 e. The van der Waals surface area contributed by atoms with Gasteiger partial charge in [-0.2, -0.15) is 0 Å². The van der Waals surface area contributed by atoms with Gasteiger partial charge in [0.15, 0.2) is 6.29 Å². The SMILES string of the molecule is CCCCCCCCC/C=C\CCCCCCCC(=O)OCCCCCCCCCCCCCCCCCCCCCCCCCCCCCCCCCCCCCCCC(=O)NC(COC1OC(CO)C(O)C(O)C1O)C(O)/C=C/CCCCCCCCCC. The highest BCUT2D eigenvalue weighted by atomic mass is 16.7. The Morgan fingerprint density at radius 2 is 0.703 bits per heavy atom. The van der Waals surface area contributed by atoms with E-state index in [2.05, 4.69) is 31.3 Å². The third-order valence-corrected chi connectivity index (χ3v) is 19.3. The zero-order valence-corrected chi connectivity index (χ0v) is 60.1. The topological polar surface area (TPSA) is 175 Å². The standard InChI is InChI=1S/C80H153NO10/c1-3-5-7-9-11-13-15-16-17-42-45-48-52-56-60-64-68-76(85)89-69-65-61-57-53-49-46-43-40-38-36-34-32-30-28-26-24-22-20-18-19-21-23-25-27-29-31-33-35-37-39-41-44-47-51-55-59-63-67-75(84)81-72(71-90-80-79(88)78(87)77(86)74(70-82)91-80)73(83)66-62-58-54-50-14-12-10-8-6-4-2/h17,42,62,66,72-74,77-80,82-83,86-88H,3-16,18-41,43-61,63-65,67-71H2,1-2H3,(H,81,84)/b42-17-,66-62+. The zero-order valence-electron chi connectivity index (χ0n) is 60.1. The van der Waals surface area contributed by atoms with Gasteiger partial charge in [-0.3, -0.25) is 9.59 Å². The fourth-order valence-electron chi connectivity index (χ4n) is 13.0. The summed E-state index contributed by atoms with van der Waals surface area (Å²) in [6, 6.07) is -0.804. The Bertz CT molecular complexity index is 1560. The molecule has 1 fully saturated rings. The highest BCUT2D eigenvalue weighted by molar-refractivity contribution is 5.76. The summed E-state index contributed by atoms with van der Waals surface area (Å²) in [5, 5.41) is 54.4. The molecule has 91 heavy (non-hydrogen) atoms. The molecule has 1 aliphatic heterocycles. The smallest absolute Gasteiger partial charge is 0.305 e. The molecular formula is C80H153NO10. The van der Waals surface area contributed by atoms with Gasteiger partial charge >= 0.3 is 5.97 Å². The van der Waals surface area contributed by atoms with Crippen molar-refractivity contribution in [3.05, 3.63) is 24.3 Å². The van der Waals surface area contributed by atoms with E-state index in [1.54, 1.807) is 6.08 Å². The van der Waals surface area contributed by atoms with Crippen LogP contribution in [0.5, 0.6) is 0 Å². The number of carbonyl (C=O) groups excluding carboxylic acids is 2. The molecule has 0 bridgehead atoms. The van der Waals surface area contributed by atoms with Crippen molar-refractivity contribution in [2.24, 2.45) is 0 Å². The van der Waals surface area contributed by atoms with Crippen molar-refractivity contribution in [2.45, 2.75) is 455 Å². The summed E-state index contributed by atoms with van der Waals surface area (Å²) in [7, 11) is 0. The summed E-state index contributed by atoms with van der Waals surface area (Å²) in [5.74, 6) is -0.164. The lowest BCUT2D eigenvalue weighted by Crippen LogP contribution is -2.60. The summed E-state index contributed by atoms with van der Waals surface area (Å²) in [4.78, 5) is 25.1. The molecule has 0 aromatic heterocycles. The highest BCUT2D eigenvalue weighted by Crippen LogP contribution is 2.24. The molecule has 1 rings (SSSR count). The molecule has 1 heterocycles. The number of ether oxygens (including phenoxy) is 3. The van der Waals surface area contributed by atoms with Crippen LogP contribution < -0.4 is 5.32 Å². The number of aliphatic hydroxyl groups is 5. The number of esters is 1. The first-order valence-corrected chi connectivity index (χ1v) is 40.1. The Morgan fingerprint density at radius 1 is 0.396 bits per heavy atom. The summed E-state index contributed by atoms with van der Waals surface area (Å²) in [6.07, 6.45) is 79.4. The van der Waals surface area contributed by atoms with Gasteiger partial charge in [0.25, 0.3) is 0 Å². The molecular weight excluding hydrogens is 1130 g/mol. The van der Waals surface area contributed by atoms with Gasteiger partial charge in [0.05, 0.1) is 32.0 Å². The minimum absolute atomic E-state index is 0.0106. The monoisotopic (exact) mass is 1290 g/mol.